The van der Waals surface area contributed by atoms with E-state index >= 15 is 0 Å². The summed E-state index contributed by atoms with van der Waals surface area (Å²) in [6.07, 6.45) is 3.56. The summed E-state index contributed by atoms with van der Waals surface area (Å²) in [6, 6.07) is 1.88. The van der Waals surface area contributed by atoms with Crippen molar-refractivity contribution in [1.29, 1.82) is 0 Å². The monoisotopic (exact) mass is 278 g/mol. The Morgan fingerprint density at radius 1 is 1.50 bits per heavy atom. The first kappa shape index (κ1) is 15.0. The molecule has 1 aliphatic rings. The fourth-order valence-electron chi connectivity index (χ4n) is 2.80. The molecule has 1 amide bonds. The van der Waals surface area contributed by atoms with Gasteiger partial charge in [-0.3, -0.25) is 9.48 Å². The topological polar surface area (TPSA) is 50.2 Å². The van der Waals surface area contributed by atoms with E-state index in [9.17, 15) is 4.79 Å². The van der Waals surface area contributed by atoms with Crippen molar-refractivity contribution in [1.82, 2.24) is 20.0 Å². The number of piperidine rings is 1. The highest BCUT2D eigenvalue weighted by molar-refractivity contribution is 5.92. The molecule has 1 aromatic rings. The van der Waals surface area contributed by atoms with Gasteiger partial charge in [0.15, 0.2) is 0 Å². The van der Waals surface area contributed by atoms with Crippen molar-refractivity contribution in [2.45, 2.75) is 39.7 Å². The van der Waals surface area contributed by atoms with Gasteiger partial charge in [0.25, 0.3) is 5.91 Å². The molecule has 0 aromatic carbocycles. The van der Waals surface area contributed by atoms with Crippen molar-refractivity contribution < 1.29 is 4.79 Å². The number of nitrogens with one attached hydrogen (secondary N) is 1. The number of amides is 1. The Kier molecular flexibility index (Phi) is 5.17. The highest BCUT2D eigenvalue weighted by atomic mass is 16.2. The minimum absolute atomic E-state index is 0.0846. The summed E-state index contributed by atoms with van der Waals surface area (Å²) in [6.45, 7) is 7.74. The molecule has 1 aromatic heterocycles. The molecule has 0 bridgehead atoms. The Hall–Kier alpha value is -1.36. The minimum Gasteiger partial charge on any atom is -0.340 e. The zero-order chi connectivity index (χ0) is 14.5. The third kappa shape index (κ3) is 3.60. The molecule has 2 heterocycles. The number of hydrogen-bond acceptors (Lipinski definition) is 3. The van der Waals surface area contributed by atoms with E-state index in [2.05, 4.69) is 10.4 Å². The molecule has 0 saturated carbocycles. The first-order valence-electron chi connectivity index (χ1n) is 7.62. The molecule has 1 aliphatic heterocycles. The van der Waals surface area contributed by atoms with Gasteiger partial charge in [-0.2, -0.15) is 5.10 Å². The van der Waals surface area contributed by atoms with Crippen LogP contribution in [0.5, 0.6) is 0 Å². The van der Waals surface area contributed by atoms with Gasteiger partial charge in [-0.25, -0.2) is 0 Å². The fourth-order valence-corrected chi connectivity index (χ4v) is 2.80. The zero-order valence-electron chi connectivity index (χ0n) is 12.9. The van der Waals surface area contributed by atoms with E-state index in [1.165, 1.54) is 12.8 Å². The average Bonchev–Trinajstić information content (AvgIpc) is 2.86. The normalized spacial score (nSPS) is 16.4. The molecular formula is C15H26N4O. The van der Waals surface area contributed by atoms with Crippen molar-refractivity contribution in [3.63, 3.8) is 0 Å². The molecule has 0 unspecified atom stereocenters. The van der Waals surface area contributed by atoms with Crippen molar-refractivity contribution in [3.05, 3.63) is 17.5 Å². The van der Waals surface area contributed by atoms with Crippen LogP contribution in [-0.2, 0) is 6.54 Å². The van der Waals surface area contributed by atoms with E-state index in [1.54, 1.807) is 4.68 Å². The number of hydrogen-bond donors (Lipinski definition) is 1. The molecule has 5 nitrogen and oxygen atoms in total. The molecule has 0 spiro atoms. The predicted molar refractivity (Wildman–Crippen MR) is 79.8 cm³/mol. The predicted octanol–water partition coefficient (Wildman–Crippen LogP) is 1.67. The van der Waals surface area contributed by atoms with Crippen LogP contribution in [0, 0.1) is 12.8 Å². The van der Waals surface area contributed by atoms with Crippen LogP contribution in [0.4, 0.5) is 0 Å². The fraction of sp³-hybridized carbons (Fsp3) is 0.733. The van der Waals surface area contributed by atoms with E-state index in [4.69, 9.17) is 0 Å². The second-order valence-electron chi connectivity index (χ2n) is 5.70. The molecule has 0 atom stereocenters. The Bertz CT molecular complexity index is 449. The lowest BCUT2D eigenvalue weighted by molar-refractivity contribution is 0.0772. The average molecular weight is 278 g/mol. The van der Waals surface area contributed by atoms with E-state index in [0.717, 1.165) is 44.2 Å². The van der Waals surface area contributed by atoms with Crippen LogP contribution < -0.4 is 5.32 Å². The van der Waals surface area contributed by atoms with Gasteiger partial charge in [-0.1, -0.05) is 0 Å². The van der Waals surface area contributed by atoms with Crippen molar-refractivity contribution in [3.8, 4) is 0 Å². The lowest BCUT2D eigenvalue weighted by Gasteiger charge is -2.25. The van der Waals surface area contributed by atoms with Crippen molar-refractivity contribution in [2.75, 3.05) is 26.7 Å². The van der Waals surface area contributed by atoms with Gasteiger partial charge in [0, 0.05) is 20.1 Å². The van der Waals surface area contributed by atoms with Crippen LogP contribution in [0.15, 0.2) is 6.07 Å². The quantitative estimate of drug-likeness (QED) is 0.891. The molecule has 2 rings (SSSR count). The molecule has 0 radical (unpaired) electrons. The number of rotatable bonds is 5. The summed E-state index contributed by atoms with van der Waals surface area (Å²) in [5.74, 6) is 0.839. The largest absolute Gasteiger partial charge is 0.340 e. The maximum atomic E-state index is 12.5. The van der Waals surface area contributed by atoms with Gasteiger partial charge >= 0.3 is 0 Å². The molecule has 112 valence electrons. The maximum absolute atomic E-state index is 12.5. The smallest absolute Gasteiger partial charge is 0.271 e. The number of aryl methyl sites for hydroxylation is 2. The van der Waals surface area contributed by atoms with E-state index < -0.39 is 0 Å². The summed E-state index contributed by atoms with van der Waals surface area (Å²) < 4.78 is 1.79. The molecule has 0 aliphatic carbocycles. The van der Waals surface area contributed by atoms with E-state index in [-0.39, 0.29) is 5.91 Å². The highest BCUT2D eigenvalue weighted by Crippen LogP contribution is 2.16. The molecule has 5 heteroatoms. The third-order valence-corrected chi connectivity index (χ3v) is 4.10. The zero-order valence-corrected chi connectivity index (χ0v) is 12.9. The van der Waals surface area contributed by atoms with Gasteiger partial charge in [-0.15, -0.1) is 0 Å². The van der Waals surface area contributed by atoms with E-state index in [1.807, 2.05) is 31.9 Å². The third-order valence-electron chi connectivity index (χ3n) is 4.10. The minimum atomic E-state index is 0.0846. The van der Waals surface area contributed by atoms with Crippen LogP contribution in [-0.4, -0.2) is 47.3 Å². The Balaban J connectivity index is 1.90. The summed E-state index contributed by atoms with van der Waals surface area (Å²) in [7, 11) is 1.89. The molecular weight excluding hydrogens is 252 g/mol. The number of carbonyl (C=O) groups is 1. The van der Waals surface area contributed by atoms with Crippen molar-refractivity contribution in [2.24, 2.45) is 5.92 Å². The van der Waals surface area contributed by atoms with Crippen LogP contribution in [0.25, 0.3) is 0 Å². The second kappa shape index (κ2) is 6.88. The standard InChI is InChI=1S/C15H26N4O/c1-4-19-14(11-12(2)17-19)15(20)18(3)10-7-13-5-8-16-9-6-13/h11,13,16H,4-10H2,1-3H3. The highest BCUT2D eigenvalue weighted by Gasteiger charge is 2.19. The number of nitrogens with zero attached hydrogens (tertiary/aromatic N) is 3. The lowest BCUT2D eigenvalue weighted by Crippen LogP contribution is -2.33. The summed E-state index contributed by atoms with van der Waals surface area (Å²) in [4.78, 5) is 14.3. The Morgan fingerprint density at radius 3 is 2.85 bits per heavy atom. The molecule has 20 heavy (non-hydrogen) atoms. The first-order valence-corrected chi connectivity index (χ1v) is 7.62. The van der Waals surface area contributed by atoms with Gasteiger partial charge in [0.2, 0.25) is 0 Å². The Labute approximate surface area is 121 Å². The van der Waals surface area contributed by atoms with Crippen LogP contribution in [0.2, 0.25) is 0 Å². The number of aromatic nitrogens is 2. The van der Waals surface area contributed by atoms with E-state index in [0.29, 0.717) is 5.69 Å². The number of carbonyl (C=O) groups excluding carboxylic acids is 1. The van der Waals surface area contributed by atoms with Gasteiger partial charge < -0.3 is 10.2 Å². The molecule has 1 saturated heterocycles. The summed E-state index contributed by atoms with van der Waals surface area (Å²) in [5, 5.41) is 7.72. The molecule has 1 fully saturated rings. The Morgan fingerprint density at radius 2 is 2.20 bits per heavy atom. The molecule has 1 N–H and O–H groups in total. The SMILES string of the molecule is CCn1nc(C)cc1C(=O)N(C)CCC1CCNCC1. The van der Waals surface area contributed by atoms with Gasteiger partial charge in [0.05, 0.1) is 5.69 Å². The van der Waals surface area contributed by atoms with Crippen LogP contribution in [0.3, 0.4) is 0 Å². The summed E-state index contributed by atoms with van der Waals surface area (Å²) in [5.41, 5.74) is 1.61. The maximum Gasteiger partial charge on any atom is 0.271 e. The second-order valence-corrected chi connectivity index (χ2v) is 5.70. The van der Waals surface area contributed by atoms with Gasteiger partial charge in [-0.05, 0) is 58.2 Å². The summed E-state index contributed by atoms with van der Waals surface area (Å²) >= 11 is 0. The van der Waals surface area contributed by atoms with Gasteiger partial charge in [0.1, 0.15) is 5.69 Å². The first-order chi connectivity index (χ1) is 9.61. The van der Waals surface area contributed by atoms with Crippen LogP contribution in [0.1, 0.15) is 42.4 Å². The van der Waals surface area contributed by atoms with Crippen molar-refractivity contribution >= 4 is 5.91 Å². The van der Waals surface area contributed by atoms with Crippen LogP contribution >= 0.6 is 0 Å². The lowest BCUT2D eigenvalue weighted by atomic mass is 9.94.